The van der Waals surface area contributed by atoms with Gasteiger partial charge >= 0.3 is 5.97 Å². The lowest BCUT2D eigenvalue weighted by Gasteiger charge is -2.24. The minimum absolute atomic E-state index is 0.0139. The summed E-state index contributed by atoms with van der Waals surface area (Å²) in [5.74, 6) is -1.31. The molecule has 0 N–H and O–H groups in total. The Hall–Kier alpha value is -1.90. The van der Waals surface area contributed by atoms with Gasteiger partial charge in [0.05, 0.1) is 0 Å². The third-order valence-corrected chi connectivity index (χ3v) is 4.01. The standard InChI is InChI=1S/C20H26O3/c1-14-10-11-17(19(22)23-20(2,3)4)18(21)16(12-14)13-15-8-6-5-7-9-15/h5-9,12,16-17H,10-11,13H2,1-4H3. The molecule has 1 aromatic rings. The molecule has 0 heterocycles. The Balaban J connectivity index is 2.18. The van der Waals surface area contributed by atoms with Crippen LogP contribution in [-0.4, -0.2) is 17.4 Å². The Bertz CT molecular complexity index is 593. The molecule has 0 fully saturated rings. The molecule has 0 aliphatic heterocycles. The molecule has 1 aliphatic rings. The Morgan fingerprint density at radius 3 is 2.48 bits per heavy atom. The second-order valence-corrected chi connectivity index (χ2v) is 7.34. The second kappa shape index (κ2) is 7.12. The van der Waals surface area contributed by atoms with Crippen molar-refractivity contribution in [1.29, 1.82) is 0 Å². The van der Waals surface area contributed by atoms with E-state index in [9.17, 15) is 9.59 Å². The van der Waals surface area contributed by atoms with Gasteiger partial charge in [-0.1, -0.05) is 42.0 Å². The predicted molar refractivity (Wildman–Crippen MR) is 91.0 cm³/mol. The topological polar surface area (TPSA) is 43.4 Å². The van der Waals surface area contributed by atoms with Gasteiger partial charge in [-0.25, -0.2) is 0 Å². The number of rotatable bonds is 3. The van der Waals surface area contributed by atoms with Gasteiger partial charge in [0.15, 0.2) is 5.78 Å². The van der Waals surface area contributed by atoms with E-state index in [4.69, 9.17) is 4.74 Å². The van der Waals surface area contributed by atoms with Crippen molar-refractivity contribution in [3.8, 4) is 0 Å². The summed E-state index contributed by atoms with van der Waals surface area (Å²) in [4.78, 5) is 25.3. The normalized spacial score (nSPS) is 22.3. The van der Waals surface area contributed by atoms with Gasteiger partial charge in [-0.2, -0.15) is 0 Å². The molecular weight excluding hydrogens is 288 g/mol. The lowest BCUT2D eigenvalue weighted by molar-refractivity contribution is -0.162. The summed E-state index contributed by atoms with van der Waals surface area (Å²) in [5, 5.41) is 0. The first-order valence-electron chi connectivity index (χ1n) is 8.24. The average molecular weight is 314 g/mol. The van der Waals surface area contributed by atoms with E-state index in [1.54, 1.807) is 0 Å². The van der Waals surface area contributed by atoms with E-state index < -0.39 is 11.5 Å². The van der Waals surface area contributed by atoms with Crippen LogP contribution < -0.4 is 0 Å². The van der Waals surface area contributed by atoms with Crippen LogP contribution in [0, 0.1) is 11.8 Å². The minimum atomic E-state index is -0.656. The highest BCUT2D eigenvalue weighted by Crippen LogP contribution is 2.28. The largest absolute Gasteiger partial charge is 0.459 e. The number of hydrogen-bond acceptors (Lipinski definition) is 3. The van der Waals surface area contributed by atoms with Crippen LogP contribution in [0.1, 0.15) is 46.1 Å². The molecule has 1 aromatic carbocycles. The first kappa shape index (κ1) is 17.5. The van der Waals surface area contributed by atoms with E-state index in [1.807, 2.05) is 64.1 Å². The molecule has 2 rings (SSSR count). The summed E-state index contributed by atoms with van der Waals surface area (Å²) in [6.07, 6.45) is 3.97. The van der Waals surface area contributed by atoms with E-state index >= 15 is 0 Å². The smallest absolute Gasteiger partial charge is 0.317 e. The van der Waals surface area contributed by atoms with E-state index in [0.29, 0.717) is 12.8 Å². The first-order valence-corrected chi connectivity index (χ1v) is 8.24. The molecule has 0 radical (unpaired) electrons. The molecule has 0 saturated carbocycles. The van der Waals surface area contributed by atoms with Gasteiger partial charge in [-0.3, -0.25) is 9.59 Å². The van der Waals surface area contributed by atoms with Crippen LogP contribution in [0.15, 0.2) is 42.0 Å². The second-order valence-electron chi connectivity index (χ2n) is 7.34. The summed E-state index contributed by atoms with van der Waals surface area (Å²) in [6, 6.07) is 9.94. The van der Waals surface area contributed by atoms with Crippen molar-refractivity contribution >= 4 is 11.8 Å². The molecule has 0 aromatic heterocycles. The van der Waals surface area contributed by atoms with E-state index in [2.05, 4.69) is 0 Å². The molecule has 3 nitrogen and oxygen atoms in total. The number of Topliss-reactive ketones (excluding diaryl/α,β-unsaturated/α-hetero) is 1. The van der Waals surface area contributed by atoms with Crippen molar-refractivity contribution in [2.45, 2.75) is 52.6 Å². The number of ketones is 1. The van der Waals surface area contributed by atoms with E-state index in [0.717, 1.165) is 12.0 Å². The maximum absolute atomic E-state index is 12.9. The van der Waals surface area contributed by atoms with Crippen LogP contribution in [0.4, 0.5) is 0 Å². The van der Waals surface area contributed by atoms with Crippen LogP contribution in [0.3, 0.4) is 0 Å². The van der Waals surface area contributed by atoms with Crippen LogP contribution in [0.2, 0.25) is 0 Å². The van der Waals surface area contributed by atoms with Crippen LogP contribution in [0.25, 0.3) is 0 Å². The molecule has 0 spiro atoms. The maximum Gasteiger partial charge on any atom is 0.317 e. The SMILES string of the molecule is CC1=CC(Cc2ccccc2)C(=O)C(C(=O)OC(C)(C)C)CC1. The number of esters is 1. The monoisotopic (exact) mass is 314 g/mol. The third-order valence-electron chi connectivity index (χ3n) is 4.01. The zero-order valence-electron chi connectivity index (χ0n) is 14.5. The van der Waals surface area contributed by atoms with Crippen LogP contribution >= 0.6 is 0 Å². The number of ether oxygens (including phenoxy) is 1. The number of benzene rings is 1. The summed E-state index contributed by atoms with van der Waals surface area (Å²) in [6.45, 7) is 7.52. The number of allylic oxidation sites excluding steroid dienone is 2. The van der Waals surface area contributed by atoms with Crippen molar-refractivity contribution in [1.82, 2.24) is 0 Å². The van der Waals surface area contributed by atoms with Gasteiger partial charge < -0.3 is 4.74 Å². The molecule has 3 heteroatoms. The number of carbonyl (C=O) groups is 2. The highest BCUT2D eigenvalue weighted by Gasteiger charge is 2.36. The fraction of sp³-hybridized carbons (Fsp3) is 0.500. The van der Waals surface area contributed by atoms with Crippen molar-refractivity contribution < 1.29 is 14.3 Å². The first-order chi connectivity index (χ1) is 10.8. The van der Waals surface area contributed by atoms with Crippen molar-refractivity contribution in [2.24, 2.45) is 11.8 Å². The predicted octanol–water partition coefficient (Wildman–Crippen LogP) is 4.11. The van der Waals surface area contributed by atoms with Crippen molar-refractivity contribution in [3.05, 3.63) is 47.5 Å². The molecule has 1 aliphatic carbocycles. The fourth-order valence-corrected chi connectivity index (χ4v) is 2.92. The van der Waals surface area contributed by atoms with Crippen molar-refractivity contribution in [3.63, 3.8) is 0 Å². The molecule has 0 bridgehead atoms. The van der Waals surface area contributed by atoms with Crippen LogP contribution in [0.5, 0.6) is 0 Å². The van der Waals surface area contributed by atoms with E-state index in [-0.39, 0.29) is 17.7 Å². The number of carbonyl (C=O) groups excluding carboxylic acids is 2. The lowest BCUT2D eigenvalue weighted by atomic mass is 9.87. The van der Waals surface area contributed by atoms with Gasteiger partial charge in [0, 0.05) is 5.92 Å². The molecular formula is C20H26O3. The zero-order valence-corrected chi connectivity index (χ0v) is 14.5. The maximum atomic E-state index is 12.9. The van der Waals surface area contributed by atoms with Gasteiger partial charge in [0.25, 0.3) is 0 Å². The average Bonchev–Trinajstić information content (AvgIpc) is 2.58. The van der Waals surface area contributed by atoms with Gasteiger partial charge in [-0.05, 0) is 52.5 Å². The summed E-state index contributed by atoms with van der Waals surface area (Å²) >= 11 is 0. The third kappa shape index (κ3) is 5.05. The Morgan fingerprint density at radius 2 is 1.87 bits per heavy atom. The fourth-order valence-electron chi connectivity index (χ4n) is 2.92. The Labute approximate surface area is 138 Å². The minimum Gasteiger partial charge on any atom is -0.459 e. The molecule has 2 atom stereocenters. The van der Waals surface area contributed by atoms with Gasteiger partial charge in [0.2, 0.25) is 0 Å². The molecule has 0 amide bonds. The molecule has 124 valence electrons. The van der Waals surface area contributed by atoms with Crippen LogP contribution in [-0.2, 0) is 20.7 Å². The Morgan fingerprint density at radius 1 is 1.22 bits per heavy atom. The van der Waals surface area contributed by atoms with Gasteiger partial charge in [-0.15, -0.1) is 0 Å². The summed E-state index contributed by atoms with van der Waals surface area (Å²) in [5.41, 5.74) is 1.71. The quantitative estimate of drug-likeness (QED) is 0.479. The number of hydrogen-bond donors (Lipinski definition) is 0. The highest BCUT2D eigenvalue weighted by molar-refractivity contribution is 6.01. The summed E-state index contributed by atoms with van der Waals surface area (Å²) < 4.78 is 5.45. The lowest BCUT2D eigenvalue weighted by Crippen LogP contribution is -2.35. The summed E-state index contributed by atoms with van der Waals surface area (Å²) in [7, 11) is 0. The van der Waals surface area contributed by atoms with Crippen molar-refractivity contribution in [2.75, 3.05) is 0 Å². The molecule has 0 saturated heterocycles. The highest BCUT2D eigenvalue weighted by atomic mass is 16.6. The van der Waals surface area contributed by atoms with Gasteiger partial charge in [0.1, 0.15) is 11.5 Å². The molecule has 23 heavy (non-hydrogen) atoms. The Kier molecular flexibility index (Phi) is 5.40. The van der Waals surface area contributed by atoms with E-state index in [1.165, 1.54) is 5.57 Å². The zero-order chi connectivity index (χ0) is 17.0. The molecule has 2 unspecified atom stereocenters.